The average Bonchev–Trinajstić information content (AvgIpc) is 3.44. The van der Waals surface area contributed by atoms with Crippen LogP contribution in [-0.4, -0.2) is 34.7 Å². The molecule has 0 saturated carbocycles. The summed E-state index contributed by atoms with van der Waals surface area (Å²) < 4.78 is 16.6. The summed E-state index contributed by atoms with van der Waals surface area (Å²) in [6, 6.07) is 18.8. The zero-order valence-corrected chi connectivity index (χ0v) is 22.1. The zero-order valence-electron chi connectivity index (χ0n) is 22.1. The van der Waals surface area contributed by atoms with Crippen LogP contribution in [0, 0.1) is 10.1 Å². The number of rotatable bonds is 6. The Balaban J connectivity index is 1.33. The Hall–Kier alpha value is -5.25. The maximum atomic E-state index is 13.7. The van der Waals surface area contributed by atoms with Gasteiger partial charge < -0.3 is 19.5 Å². The quantitative estimate of drug-likeness (QED) is 0.177. The third kappa shape index (κ3) is 5.07. The summed E-state index contributed by atoms with van der Waals surface area (Å²) in [6.45, 7) is 1.62. The molecule has 1 N–H and O–H groups in total. The summed E-state index contributed by atoms with van der Waals surface area (Å²) in [6.07, 6.45) is 3.02. The number of nitrogens with zero attached hydrogens (tertiary/aromatic N) is 2. The highest BCUT2D eigenvalue weighted by Crippen LogP contribution is 2.38. The summed E-state index contributed by atoms with van der Waals surface area (Å²) in [5, 5.41) is 14.5. The molecule has 6 rings (SSSR count). The number of esters is 1. The fourth-order valence-electron chi connectivity index (χ4n) is 5.16. The minimum atomic E-state index is -1.21. The van der Waals surface area contributed by atoms with E-state index in [1.807, 2.05) is 48.5 Å². The molecule has 41 heavy (non-hydrogen) atoms. The first-order valence-corrected chi connectivity index (χ1v) is 13.2. The van der Waals surface area contributed by atoms with E-state index >= 15 is 0 Å². The number of amides is 1. The van der Waals surface area contributed by atoms with Crippen LogP contribution < -0.4 is 14.8 Å². The number of allylic oxidation sites excluding steroid dienone is 1. The number of para-hydroxylation sites is 3. The van der Waals surface area contributed by atoms with Crippen LogP contribution in [-0.2, 0) is 16.0 Å². The van der Waals surface area contributed by atoms with Gasteiger partial charge in [-0.2, -0.15) is 0 Å². The van der Waals surface area contributed by atoms with Crippen LogP contribution in [0.5, 0.6) is 11.5 Å². The van der Waals surface area contributed by atoms with Crippen LogP contribution in [0.2, 0.25) is 0 Å². The molecule has 4 aromatic rings. The van der Waals surface area contributed by atoms with Gasteiger partial charge in [0.15, 0.2) is 17.6 Å². The van der Waals surface area contributed by atoms with E-state index in [4.69, 9.17) is 19.2 Å². The first-order chi connectivity index (χ1) is 19.9. The van der Waals surface area contributed by atoms with Gasteiger partial charge in [0.2, 0.25) is 6.79 Å². The van der Waals surface area contributed by atoms with Gasteiger partial charge in [-0.3, -0.25) is 14.9 Å². The number of ether oxygens (including phenoxy) is 3. The van der Waals surface area contributed by atoms with Gasteiger partial charge in [-0.15, -0.1) is 0 Å². The molecule has 1 atom stereocenters. The van der Waals surface area contributed by atoms with Gasteiger partial charge in [-0.25, -0.2) is 9.78 Å². The second-order valence-electron chi connectivity index (χ2n) is 9.78. The maximum absolute atomic E-state index is 13.7. The van der Waals surface area contributed by atoms with E-state index in [0.29, 0.717) is 34.4 Å². The Kier molecular flexibility index (Phi) is 6.80. The number of nitro groups is 1. The summed E-state index contributed by atoms with van der Waals surface area (Å²) in [5.41, 5.74) is 4.16. The van der Waals surface area contributed by atoms with Crippen molar-refractivity contribution in [2.45, 2.75) is 32.3 Å². The molecule has 0 fully saturated rings. The minimum Gasteiger partial charge on any atom is -0.454 e. The van der Waals surface area contributed by atoms with Crippen molar-refractivity contribution < 1.29 is 28.7 Å². The maximum Gasteiger partial charge on any atom is 0.339 e. The molecule has 10 heteroatoms. The molecular weight excluding hydrogens is 526 g/mol. The molecule has 3 aromatic carbocycles. The Labute approximate surface area is 234 Å². The van der Waals surface area contributed by atoms with Crippen molar-refractivity contribution >= 4 is 45.8 Å². The van der Waals surface area contributed by atoms with E-state index in [2.05, 4.69) is 5.32 Å². The number of pyridine rings is 1. The van der Waals surface area contributed by atoms with Crippen molar-refractivity contribution in [2.75, 3.05) is 12.1 Å². The van der Waals surface area contributed by atoms with Crippen LogP contribution in [0.25, 0.3) is 22.6 Å². The van der Waals surface area contributed by atoms with E-state index in [-0.39, 0.29) is 18.2 Å². The minimum absolute atomic E-state index is 0.0236. The van der Waals surface area contributed by atoms with Crippen LogP contribution in [0.1, 0.15) is 46.9 Å². The Morgan fingerprint density at radius 2 is 1.83 bits per heavy atom. The summed E-state index contributed by atoms with van der Waals surface area (Å²) in [4.78, 5) is 42.2. The first-order valence-electron chi connectivity index (χ1n) is 13.2. The lowest BCUT2D eigenvalue weighted by Gasteiger charge is -2.23. The molecule has 206 valence electrons. The number of hydrogen-bond donors (Lipinski definition) is 1. The molecule has 10 nitrogen and oxygen atoms in total. The molecular formula is C31H25N3O7. The van der Waals surface area contributed by atoms with Gasteiger partial charge in [0.1, 0.15) is 5.69 Å². The number of carbonyl (C=O) groups is 2. The number of nitrogens with one attached hydrogen (secondary N) is 1. The van der Waals surface area contributed by atoms with E-state index < -0.39 is 22.9 Å². The van der Waals surface area contributed by atoms with E-state index in [9.17, 15) is 19.7 Å². The van der Waals surface area contributed by atoms with Crippen molar-refractivity contribution in [1.29, 1.82) is 0 Å². The number of carbonyl (C=O) groups excluding carboxylic acids is 2. The number of hydrogen-bond acceptors (Lipinski definition) is 8. The van der Waals surface area contributed by atoms with Gasteiger partial charge in [-0.05, 0) is 73.2 Å². The highest BCUT2D eigenvalue weighted by atomic mass is 16.7. The van der Waals surface area contributed by atoms with Gasteiger partial charge in [0.05, 0.1) is 21.7 Å². The molecule has 2 aliphatic rings. The van der Waals surface area contributed by atoms with Gasteiger partial charge in [-0.1, -0.05) is 36.4 Å². The van der Waals surface area contributed by atoms with Crippen molar-refractivity contribution in [2.24, 2.45) is 0 Å². The Bertz CT molecular complexity index is 1750. The molecule has 0 spiro atoms. The number of benzene rings is 3. The molecule has 1 aromatic heterocycles. The fraction of sp³-hybridized carbons (Fsp3) is 0.194. The first kappa shape index (κ1) is 26.0. The molecule has 1 amide bonds. The van der Waals surface area contributed by atoms with Gasteiger partial charge in [0, 0.05) is 11.5 Å². The summed E-state index contributed by atoms with van der Waals surface area (Å²) in [7, 11) is 0. The summed E-state index contributed by atoms with van der Waals surface area (Å²) in [5.74, 6) is 0.0438. The van der Waals surface area contributed by atoms with Gasteiger partial charge >= 0.3 is 5.97 Å². The lowest BCUT2D eigenvalue weighted by Crippen LogP contribution is -2.31. The molecule has 0 saturated heterocycles. The second-order valence-corrected chi connectivity index (χ2v) is 9.78. The average molecular weight is 552 g/mol. The molecule has 0 bridgehead atoms. The predicted molar refractivity (Wildman–Crippen MR) is 152 cm³/mol. The van der Waals surface area contributed by atoms with Crippen LogP contribution in [0.4, 0.5) is 11.4 Å². The molecule has 1 aliphatic heterocycles. The lowest BCUT2D eigenvalue weighted by molar-refractivity contribution is -0.383. The number of fused-ring (bicyclic) bond motifs is 3. The summed E-state index contributed by atoms with van der Waals surface area (Å²) >= 11 is 0. The number of aromatic nitrogens is 1. The van der Waals surface area contributed by atoms with Crippen molar-refractivity contribution in [1.82, 2.24) is 4.98 Å². The van der Waals surface area contributed by atoms with E-state index in [1.165, 1.54) is 25.1 Å². The molecule has 1 aliphatic carbocycles. The Morgan fingerprint density at radius 3 is 2.68 bits per heavy atom. The highest BCUT2D eigenvalue weighted by Gasteiger charge is 2.29. The second kappa shape index (κ2) is 10.7. The number of anilines is 1. The monoisotopic (exact) mass is 551 g/mol. The van der Waals surface area contributed by atoms with Crippen molar-refractivity contribution in [3.05, 3.63) is 99.2 Å². The SMILES string of the molecule is C[C@H](OC(=O)c1c2c(nc3ccccc13)/C(=C\c1ccc3c(c1)OCO3)CCC2)C(=O)Nc1ccccc1[N+](=O)[O-]. The predicted octanol–water partition coefficient (Wildman–Crippen LogP) is 5.93. The molecule has 0 unspecified atom stereocenters. The largest absolute Gasteiger partial charge is 0.454 e. The zero-order chi connectivity index (χ0) is 28.5. The molecule has 2 heterocycles. The van der Waals surface area contributed by atoms with E-state index in [1.54, 1.807) is 6.07 Å². The number of nitro benzene ring substituents is 1. The lowest BCUT2D eigenvalue weighted by atomic mass is 9.86. The van der Waals surface area contributed by atoms with Crippen LogP contribution in [0.3, 0.4) is 0 Å². The van der Waals surface area contributed by atoms with Gasteiger partial charge in [0.25, 0.3) is 11.6 Å². The fourth-order valence-corrected chi connectivity index (χ4v) is 5.16. The third-order valence-electron chi connectivity index (χ3n) is 7.12. The standard InChI is InChI=1S/C31H25N3O7/c1-18(30(35)33-24-11-4-5-12-25(24)34(37)38)41-31(36)28-21-8-2-3-10-23(21)32-29-20(7-6-9-22(28)29)15-19-13-14-26-27(16-19)40-17-39-26/h2-5,8,10-16,18H,6-7,9,17H2,1H3,(H,33,35)/b20-15-/t18-/m0/s1. The van der Waals surface area contributed by atoms with Crippen molar-refractivity contribution in [3.63, 3.8) is 0 Å². The third-order valence-corrected chi connectivity index (χ3v) is 7.12. The Morgan fingerprint density at radius 1 is 1.05 bits per heavy atom. The van der Waals surface area contributed by atoms with Crippen LogP contribution in [0.15, 0.2) is 66.7 Å². The highest BCUT2D eigenvalue weighted by molar-refractivity contribution is 6.08. The van der Waals surface area contributed by atoms with Crippen molar-refractivity contribution in [3.8, 4) is 11.5 Å². The normalized spacial score (nSPS) is 15.3. The molecule has 0 radical (unpaired) electrons. The van der Waals surface area contributed by atoms with E-state index in [0.717, 1.165) is 35.2 Å². The topological polar surface area (TPSA) is 130 Å². The van der Waals surface area contributed by atoms with Crippen LogP contribution >= 0.6 is 0 Å². The smallest absolute Gasteiger partial charge is 0.339 e.